The first kappa shape index (κ1) is 17.3. The molecule has 3 aromatic rings. The lowest BCUT2D eigenvalue weighted by Crippen LogP contribution is -2.12. The minimum absolute atomic E-state index is 0.987. The number of fused-ring (bicyclic) bond motifs is 1. The van der Waals surface area contributed by atoms with Crippen molar-refractivity contribution in [3.05, 3.63) is 101 Å². The molecule has 0 atom stereocenters. The molecular formula is C25H24N2. The van der Waals surface area contributed by atoms with Crippen LogP contribution < -0.4 is 5.32 Å². The molecule has 2 heteroatoms. The molecule has 1 aliphatic carbocycles. The topological polar surface area (TPSA) is 24.4 Å². The second-order valence-corrected chi connectivity index (χ2v) is 7.15. The second-order valence-electron chi connectivity index (χ2n) is 7.15. The van der Waals surface area contributed by atoms with E-state index in [1.165, 1.54) is 33.5 Å². The van der Waals surface area contributed by atoms with Crippen LogP contribution in [0.3, 0.4) is 0 Å². The van der Waals surface area contributed by atoms with Crippen LogP contribution in [0.4, 0.5) is 11.4 Å². The third-order valence-corrected chi connectivity index (χ3v) is 4.93. The number of nitrogens with zero attached hydrogens (tertiary/aromatic N) is 1. The van der Waals surface area contributed by atoms with E-state index in [1.807, 2.05) is 6.21 Å². The van der Waals surface area contributed by atoms with Gasteiger partial charge in [-0.05, 0) is 73.2 Å². The highest BCUT2D eigenvalue weighted by Crippen LogP contribution is 2.32. The van der Waals surface area contributed by atoms with Gasteiger partial charge in [0.2, 0.25) is 0 Å². The molecular weight excluding hydrogens is 328 g/mol. The summed E-state index contributed by atoms with van der Waals surface area (Å²) in [6, 6.07) is 25.5. The summed E-state index contributed by atoms with van der Waals surface area (Å²) in [5.41, 5.74) is 9.66. The summed E-state index contributed by atoms with van der Waals surface area (Å²) < 4.78 is 0. The van der Waals surface area contributed by atoms with E-state index in [0.29, 0.717) is 0 Å². The maximum absolute atomic E-state index is 4.75. The van der Waals surface area contributed by atoms with Crippen molar-refractivity contribution < 1.29 is 0 Å². The van der Waals surface area contributed by atoms with Crippen molar-refractivity contribution in [2.75, 3.05) is 5.32 Å². The van der Waals surface area contributed by atoms with Crippen LogP contribution in [0.15, 0.2) is 83.4 Å². The first-order valence-electron chi connectivity index (χ1n) is 9.45. The highest BCUT2D eigenvalue weighted by atomic mass is 14.9. The summed E-state index contributed by atoms with van der Waals surface area (Å²) >= 11 is 0. The predicted molar refractivity (Wildman–Crippen MR) is 116 cm³/mol. The van der Waals surface area contributed by atoms with E-state index in [1.54, 1.807) is 0 Å². The molecule has 0 bridgehead atoms. The number of rotatable bonds is 4. The van der Waals surface area contributed by atoms with Crippen molar-refractivity contribution in [2.45, 2.75) is 26.7 Å². The fourth-order valence-corrected chi connectivity index (χ4v) is 3.55. The minimum Gasteiger partial charge on any atom is -0.355 e. The molecule has 1 aliphatic rings. The number of hydrogen-bond acceptors (Lipinski definition) is 2. The second kappa shape index (κ2) is 7.63. The first-order chi connectivity index (χ1) is 13.2. The van der Waals surface area contributed by atoms with Crippen molar-refractivity contribution >= 4 is 23.3 Å². The van der Waals surface area contributed by atoms with Gasteiger partial charge in [0.1, 0.15) is 0 Å². The minimum atomic E-state index is 0.987. The van der Waals surface area contributed by atoms with Gasteiger partial charge in [-0.25, -0.2) is 0 Å². The fraction of sp³-hybridized carbons (Fsp3) is 0.160. The zero-order chi connectivity index (χ0) is 18.6. The van der Waals surface area contributed by atoms with Crippen LogP contribution in [-0.2, 0) is 6.42 Å². The fourth-order valence-electron chi connectivity index (χ4n) is 3.55. The number of aryl methyl sites for hydroxylation is 3. The monoisotopic (exact) mass is 352 g/mol. The Morgan fingerprint density at radius 3 is 2.41 bits per heavy atom. The van der Waals surface area contributed by atoms with Crippen molar-refractivity contribution in [3.63, 3.8) is 0 Å². The molecule has 0 amide bonds. The third kappa shape index (κ3) is 4.01. The Morgan fingerprint density at radius 1 is 0.815 bits per heavy atom. The molecule has 0 spiro atoms. The Kier molecular flexibility index (Phi) is 4.88. The van der Waals surface area contributed by atoms with Crippen LogP contribution in [0.2, 0.25) is 0 Å². The maximum atomic E-state index is 4.75. The molecule has 2 nitrogen and oxygen atoms in total. The average molecular weight is 352 g/mol. The summed E-state index contributed by atoms with van der Waals surface area (Å²) in [4.78, 5) is 4.75. The first-order valence-corrected chi connectivity index (χ1v) is 9.45. The number of benzene rings is 3. The zero-order valence-electron chi connectivity index (χ0n) is 15.9. The van der Waals surface area contributed by atoms with Gasteiger partial charge in [0.25, 0.3) is 0 Å². The Balaban J connectivity index is 1.75. The number of anilines is 1. The molecule has 1 N–H and O–H groups in total. The number of allylic oxidation sites excluding steroid dienone is 1. The zero-order valence-corrected chi connectivity index (χ0v) is 15.9. The molecule has 0 fully saturated rings. The number of hydrogen-bond donors (Lipinski definition) is 1. The smallest absolute Gasteiger partial charge is 0.0632 e. The quantitative estimate of drug-likeness (QED) is 0.534. The van der Waals surface area contributed by atoms with Crippen LogP contribution in [0.5, 0.6) is 0 Å². The van der Waals surface area contributed by atoms with E-state index in [2.05, 4.69) is 92.0 Å². The Labute approximate surface area is 161 Å². The van der Waals surface area contributed by atoms with Gasteiger partial charge < -0.3 is 5.32 Å². The standard InChI is InChI=1S/C25H24N2/c1-18-7-5-10-22(15-18)26-17-21-14-13-20-9-3-4-12-24(20)25(21)27-23-11-6-8-19(2)16-23/h3-12,15-17,27H,13-14H2,1-2H3. The van der Waals surface area contributed by atoms with E-state index in [9.17, 15) is 0 Å². The van der Waals surface area contributed by atoms with Crippen LogP contribution in [0.1, 0.15) is 28.7 Å². The molecule has 3 aromatic carbocycles. The molecule has 0 saturated carbocycles. The van der Waals surface area contributed by atoms with Crippen LogP contribution in [-0.4, -0.2) is 6.21 Å². The van der Waals surface area contributed by atoms with Gasteiger partial charge in [-0.15, -0.1) is 0 Å². The number of nitrogens with one attached hydrogen (secondary N) is 1. The van der Waals surface area contributed by atoms with Gasteiger partial charge in [0, 0.05) is 17.5 Å². The third-order valence-electron chi connectivity index (χ3n) is 4.93. The average Bonchev–Trinajstić information content (AvgIpc) is 2.67. The number of aliphatic imine (C=N–C) groups is 1. The van der Waals surface area contributed by atoms with Gasteiger partial charge in [0.05, 0.1) is 11.4 Å². The molecule has 0 heterocycles. The molecule has 27 heavy (non-hydrogen) atoms. The lowest BCUT2D eigenvalue weighted by molar-refractivity contribution is 0.954. The Morgan fingerprint density at radius 2 is 1.59 bits per heavy atom. The van der Waals surface area contributed by atoms with Crippen molar-refractivity contribution in [1.82, 2.24) is 0 Å². The summed E-state index contributed by atoms with van der Waals surface area (Å²) in [7, 11) is 0. The molecule has 0 radical (unpaired) electrons. The van der Waals surface area contributed by atoms with Gasteiger partial charge >= 0.3 is 0 Å². The largest absolute Gasteiger partial charge is 0.355 e. The van der Waals surface area contributed by atoms with Crippen molar-refractivity contribution in [2.24, 2.45) is 4.99 Å². The lowest BCUT2D eigenvalue weighted by Gasteiger charge is -2.23. The normalized spacial score (nSPS) is 13.7. The molecule has 0 aliphatic heterocycles. The van der Waals surface area contributed by atoms with Crippen molar-refractivity contribution in [1.29, 1.82) is 0 Å². The molecule has 134 valence electrons. The molecule has 0 saturated heterocycles. The highest BCUT2D eigenvalue weighted by Gasteiger charge is 2.18. The molecule has 0 unspecified atom stereocenters. The van der Waals surface area contributed by atoms with Crippen molar-refractivity contribution in [3.8, 4) is 0 Å². The van der Waals surface area contributed by atoms with Gasteiger partial charge in [-0.3, -0.25) is 4.99 Å². The van der Waals surface area contributed by atoms with Crippen LogP contribution >= 0.6 is 0 Å². The summed E-state index contributed by atoms with van der Waals surface area (Å²) in [6.07, 6.45) is 4.06. The van der Waals surface area contributed by atoms with E-state index < -0.39 is 0 Å². The van der Waals surface area contributed by atoms with E-state index in [0.717, 1.165) is 24.2 Å². The lowest BCUT2D eigenvalue weighted by atomic mass is 9.89. The van der Waals surface area contributed by atoms with Gasteiger partial charge in [-0.1, -0.05) is 48.5 Å². The predicted octanol–water partition coefficient (Wildman–Crippen LogP) is 6.48. The molecule has 0 aromatic heterocycles. The van der Waals surface area contributed by atoms with Crippen LogP contribution in [0, 0.1) is 13.8 Å². The van der Waals surface area contributed by atoms with E-state index in [-0.39, 0.29) is 0 Å². The summed E-state index contributed by atoms with van der Waals surface area (Å²) in [6.45, 7) is 4.22. The summed E-state index contributed by atoms with van der Waals surface area (Å²) in [5, 5.41) is 3.66. The Bertz CT molecular complexity index is 1030. The molecule has 4 rings (SSSR count). The van der Waals surface area contributed by atoms with E-state index in [4.69, 9.17) is 4.99 Å². The van der Waals surface area contributed by atoms with Gasteiger partial charge in [0.15, 0.2) is 0 Å². The Hall–Kier alpha value is -3.13. The maximum Gasteiger partial charge on any atom is 0.0632 e. The highest BCUT2D eigenvalue weighted by molar-refractivity contribution is 5.97. The SMILES string of the molecule is Cc1cccc(N=CC2=C(Nc3cccc(C)c3)c3ccccc3CC2)c1. The summed E-state index contributed by atoms with van der Waals surface area (Å²) in [5.74, 6) is 0. The van der Waals surface area contributed by atoms with E-state index >= 15 is 0 Å². The van der Waals surface area contributed by atoms with Gasteiger partial charge in [-0.2, -0.15) is 0 Å². The van der Waals surface area contributed by atoms with Crippen LogP contribution in [0.25, 0.3) is 5.70 Å².